The van der Waals surface area contributed by atoms with E-state index in [-0.39, 0.29) is 6.07 Å². The van der Waals surface area contributed by atoms with Gasteiger partial charge in [-0.15, -0.1) is 0 Å². The minimum atomic E-state index is -5.40. The van der Waals surface area contributed by atoms with Crippen LogP contribution in [0.4, 0.5) is 26.3 Å². The van der Waals surface area contributed by atoms with Gasteiger partial charge in [-0.05, 0) is 12.1 Å². The molecule has 0 fully saturated rings. The molecule has 0 saturated heterocycles. The summed E-state index contributed by atoms with van der Waals surface area (Å²) in [6, 6.07) is 0.480. The number of hydrogen-bond donors (Lipinski definition) is 1. The van der Waals surface area contributed by atoms with E-state index in [1.54, 1.807) is 0 Å². The molecule has 1 rings (SSSR count). The van der Waals surface area contributed by atoms with Crippen LogP contribution in [-0.2, 0) is 12.4 Å². The summed E-state index contributed by atoms with van der Waals surface area (Å²) >= 11 is 0. The van der Waals surface area contributed by atoms with Crippen LogP contribution in [0.2, 0.25) is 0 Å². The van der Waals surface area contributed by atoms with Crippen molar-refractivity contribution >= 4 is 5.97 Å². The second-order valence-electron chi connectivity index (χ2n) is 3.37. The van der Waals surface area contributed by atoms with Gasteiger partial charge in [-0.25, -0.2) is 4.79 Å². The fourth-order valence-corrected chi connectivity index (χ4v) is 1.48. The number of carbonyl (C=O) groups is 1. The van der Waals surface area contributed by atoms with E-state index in [9.17, 15) is 31.1 Å². The zero-order valence-electron chi connectivity index (χ0n) is 9.19. The van der Waals surface area contributed by atoms with Gasteiger partial charge >= 0.3 is 18.3 Å². The number of halogens is 6. The van der Waals surface area contributed by atoms with Gasteiger partial charge in [-0.3, -0.25) is 0 Å². The summed E-state index contributed by atoms with van der Waals surface area (Å²) in [7, 11) is 0.664. The molecule has 0 aliphatic carbocycles. The van der Waals surface area contributed by atoms with Crippen molar-refractivity contribution in [1.29, 1.82) is 0 Å². The molecule has 0 spiro atoms. The summed E-state index contributed by atoms with van der Waals surface area (Å²) in [6.07, 6.45) is -10.7. The van der Waals surface area contributed by atoms with Crippen LogP contribution in [0.3, 0.4) is 0 Å². The summed E-state index contributed by atoms with van der Waals surface area (Å²) in [6.45, 7) is 0. The number of ether oxygens (including phenoxy) is 1. The molecular weight excluding hydrogens is 282 g/mol. The van der Waals surface area contributed by atoms with Crippen molar-refractivity contribution in [3.05, 3.63) is 28.8 Å². The second kappa shape index (κ2) is 4.63. The Bertz CT molecular complexity index is 503. The number of hydrogen-bond acceptors (Lipinski definition) is 2. The van der Waals surface area contributed by atoms with Gasteiger partial charge < -0.3 is 9.84 Å². The van der Waals surface area contributed by atoms with Gasteiger partial charge in [0.25, 0.3) is 0 Å². The summed E-state index contributed by atoms with van der Waals surface area (Å²) < 4.78 is 79.9. The van der Waals surface area contributed by atoms with Crippen LogP contribution >= 0.6 is 0 Å². The summed E-state index contributed by atoms with van der Waals surface area (Å²) in [4.78, 5) is 10.7. The third-order valence-electron chi connectivity index (χ3n) is 2.18. The predicted molar refractivity (Wildman–Crippen MR) is 50.0 cm³/mol. The van der Waals surface area contributed by atoms with E-state index in [2.05, 4.69) is 4.74 Å². The normalized spacial score (nSPS) is 12.4. The highest BCUT2D eigenvalue weighted by molar-refractivity contribution is 5.91. The molecule has 0 heterocycles. The SMILES string of the molecule is COc1c(C(=O)O)ccc(C(F)(F)F)c1C(F)(F)F. The van der Waals surface area contributed by atoms with Gasteiger partial charge in [0.1, 0.15) is 16.9 Å². The van der Waals surface area contributed by atoms with Crippen LogP contribution in [0.1, 0.15) is 21.5 Å². The largest absolute Gasteiger partial charge is 0.495 e. The lowest BCUT2D eigenvalue weighted by Crippen LogP contribution is -2.19. The van der Waals surface area contributed by atoms with Crippen molar-refractivity contribution in [3.63, 3.8) is 0 Å². The Morgan fingerprint density at radius 1 is 1.11 bits per heavy atom. The molecule has 1 N–H and O–H groups in total. The molecule has 0 radical (unpaired) electrons. The van der Waals surface area contributed by atoms with Gasteiger partial charge in [0.05, 0.1) is 12.7 Å². The number of carboxylic acid groups (broad SMARTS) is 1. The van der Waals surface area contributed by atoms with E-state index < -0.39 is 40.8 Å². The lowest BCUT2D eigenvalue weighted by atomic mass is 10.0. The Kier molecular flexibility index (Phi) is 3.69. The average Bonchev–Trinajstić information content (AvgIpc) is 2.24. The molecule has 1 aromatic rings. The molecule has 0 unspecified atom stereocenters. The number of carboxylic acids is 1. The topological polar surface area (TPSA) is 46.5 Å². The second-order valence-corrected chi connectivity index (χ2v) is 3.37. The Morgan fingerprint density at radius 3 is 1.95 bits per heavy atom. The van der Waals surface area contributed by atoms with Crippen molar-refractivity contribution in [2.24, 2.45) is 0 Å². The lowest BCUT2D eigenvalue weighted by Gasteiger charge is -2.19. The molecule has 19 heavy (non-hydrogen) atoms. The molecule has 0 saturated carbocycles. The molecule has 106 valence electrons. The summed E-state index contributed by atoms with van der Waals surface area (Å²) in [5.41, 5.74) is -5.15. The van der Waals surface area contributed by atoms with Gasteiger partial charge in [0.2, 0.25) is 0 Å². The Balaban J connectivity index is 3.76. The first kappa shape index (κ1) is 15.1. The van der Waals surface area contributed by atoms with Crippen LogP contribution < -0.4 is 4.74 Å². The van der Waals surface area contributed by atoms with Gasteiger partial charge in [-0.2, -0.15) is 26.3 Å². The third kappa shape index (κ3) is 2.91. The van der Waals surface area contributed by atoms with Crippen molar-refractivity contribution in [2.45, 2.75) is 12.4 Å². The highest BCUT2D eigenvalue weighted by Gasteiger charge is 2.46. The molecule has 0 aromatic heterocycles. The quantitative estimate of drug-likeness (QED) is 0.848. The fourth-order valence-electron chi connectivity index (χ4n) is 1.48. The zero-order valence-corrected chi connectivity index (χ0v) is 9.19. The molecule has 0 aliphatic heterocycles. The van der Waals surface area contributed by atoms with Crippen LogP contribution in [0.15, 0.2) is 12.1 Å². The van der Waals surface area contributed by atoms with E-state index in [0.717, 1.165) is 0 Å². The lowest BCUT2D eigenvalue weighted by molar-refractivity contribution is -0.163. The maximum absolute atomic E-state index is 12.7. The molecule has 0 amide bonds. The number of methoxy groups -OCH3 is 1. The number of benzene rings is 1. The van der Waals surface area contributed by atoms with Crippen molar-refractivity contribution in [2.75, 3.05) is 7.11 Å². The van der Waals surface area contributed by atoms with E-state index in [0.29, 0.717) is 13.2 Å². The molecular formula is C10H6F6O3. The highest BCUT2D eigenvalue weighted by Crippen LogP contribution is 2.46. The third-order valence-corrected chi connectivity index (χ3v) is 2.18. The molecule has 1 aromatic carbocycles. The van der Waals surface area contributed by atoms with E-state index in [1.807, 2.05) is 0 Å². The summed E-state index contributed by atoms with van der Waals surface area (Å²) in [5.74, 6) is -3.19. The van der Waals surface area contributed by atoms with E-state index >= 15 is 0 Å². The van der Waals surface area contributed by atoms with Gasteiger partial charge in [0, 0.05) is 0 Å². The van der Waals surface area contributed by atoms with Crippen molar-refractivity contribution in [1.82, 2.24) is 0 Å². The van der Waals surface area contributed by atoms with Crippen molar-refractivity contribution < 1.29 is 41.0 Å². The minimum absolute atomic E-state index is 0.0643. The predicted octanol–water partition coefficient (Wildman–Crippen LogP) is 3.43. The number of aromatic carboxylic acids is 1. The molecule has 0 aliphatic rings. The monoisotopic (exact) mass is 288 g/mol. The van der Waals surface area contributed by atoms with Crippen LogP contribution in [0.5, 0.6) is 5.75 Å². The number of rotatable bonds is 2. The minimum Gasteiger partial charge on any atom is -0.495 e. The smallest absolute Gasteiger partial charge is 0.420 e. The first-order valence-corrected chi connectivity index (χ1v) is 4.58. The Morgan fingerprint density at radius 2 is 1.63 bits per heavy atom. The van der Waals surface area contributed by atoms with Gasteiger partial charge in [0.15, 0.2) is 0 Å². The van der Waals surface area contributed by atoms with E-state index in [1.165, 1.54) is 0 Å². The Labute approximate surface area is 102 Å². The van der Waals surface area contributed by atoms with Crippen LogP contribution in [0, 0.1) is 0 Å². The zero-order chi connectivity index (χ0) is 15.0. The summed E-state index contributed by atoms with van der Waals surface area (Å²) in [5, 5.41) is 8.65. The number of alkyl halides is 6. The maximum Gasteiger partial charge on any atom is 0.420 e. The van der Waals surface area contributed by atoms with Crippen molar-refractivity contribution in [3.8, 4) is 5.75 Å². The van der Waals surface area contributed by atoms with Crippen LogP contribution in [0.25, 0.3) is 0 Å². The van der Waals surface area contributed by atoms with Gasteiger partial charge in [-0.1, -0.05) is 0 Å². The Hall–Kier alpha value is -1.93. The molecule has 9 heteroatoms. The highest BCUT2D eigenvalue weighted by atomic mass is 19.4. The fraction of sp³-hybridized carbons (Fsp3) is 0.300. The van der Waals surface area contributed by atoms with E-state index in [4.69, 9.17) is 5.11 Å². The molecule has 0 atom stereocenters. The molecule has 0 bridgehead atoms. The standard InChI is InChI=1S/C10H6F6O3/c1-19-7-4(8(17)18)2-3-5(9(11,12)13)6(7)10(14,15)16/h2-3H,1H3,(H,17,18). The molecule has 3 nitrogen and oxygen atoms in total. The first-order valence-electron chi connectivity index (χ1n) is 4.58. The first-order chi connectivity index (χ1) is 8.50. The average molecular weight is 288 g/mol. The van der Waals surface area contributed by atoms with Crippen LogP contribution in [-0.4, -0.2) is 18.2 Å². The maximum atomic E-state index is 12.7.